The van der Waals surface area contributed by atoms with Crippen LogP contribution < -0.4 is 11.1 Å². The summed E-state index contributed by atoms with van der Waals surface area (Å²) < 4.78 is 0. The number of likely N-dealkylation sites (tertiary alicyclic amines) is 1. The van der Waals surface area contributed by atoms with Crippen molar-refractivity contribution in [3.05, 3.63) is 35.4 Å². The van der Waals surface area contributed by atoms with Crippen LogP contribution >= 0.6 is 0 Å². The summed E-state index contributed by atoms with van der Waals surface area (Å²) in [4.78, 5) is 25.4. The zero-order valence-corrected chi connectivity index (χ0v) is 12.5. The van der Waals surface area contributed by atoms with Crippen molar-refractivity contribution < 1.29 is 9.59 Å². The topological polar surface area (TPSA) is 75.4 Å². The molecule has 1 fully saturated rings. The molecule has 2 amide bonds. The molecule has 0 aliphatic carbocycles. The molecular weight excluding hydrogens is 266 g/mol. The van der Waals surface area contributed by atoms with Crippen molar-refractivity contribution in [2.24, 2.45) is 5.73 Å². The third-order valence-electron chi connectivity index (χ3n) is 4.03. The van der Waals surface area contributed by atoms with Crippen LogP contribution in [0.4, 0.5) is 0 Å². The summed E-state index contributed by atoms with van der Waals surface area (Å²) in [6.45, 7) is 3.53. The van der Waals surface area contributed by atoms with Gasteiger partial charge in [0.25, 0.3) is 0 Å². The molecule has 0 unspecified atom stereocenters. The van der Waals surface area contributed by atoms with Crippen molar-refractivity contribution >= 4 is 11.8 Å². The summed E-state index contributed by atoms with van der Waals surface area (Å²) in [5.74, 6) is -0.396. The number of benzene rings is 1. The molecule has 0 spiro atoms. The summed E-state index contributed by atoms with van der Waals surface area (Å²) in [7, 11) is 0. The molecule has 1 heterocycles. The first-order valence-electron chi connectivity index (χ1n) is 7.42. The molecule has 114 valence electrons. The molecule has 0 bridgehead atoms. The van der Waals surface area contributed by atoms with E-state index in [-0.39, 0.29) is 24.4 Å². The van der Waals surface area contributed by atoms with Crippen molar-refractivity contribution in [2.45, 2.75) is 38.8 Å². The second-order valence-electron chi connectivity index (χ2n) is 5.59. The molecule has 1 aliphatic rings. The third-order valence-corrected chi connectivity index (χ3v) is 4.03. The zero-order valence-electron chi connectivity index (χ0n) is 12.5. The number of hydrogen-bond acceptors (Lipinski definition) is 3. The molecule has 21 heavy (non-hydrogen) atoms. The second-order valence-corrected chi connectivity index (χ2v) is 5.59. The number of piperidine rings is 1. The van der Waals surface area contributed by atoms with Crippen molar-refractivity contribution in [1.29, 1.82) is 0 Å². The number of rotatable bonds is 5. The van der Waals surface area contributed by atoms with Gasteiger partial charge in [0.2, 0.25) is 11.8 Å². The van der Waals surface area contributed by atoms with Crippen LogP contribution in [0, 0.1) is 6.92 Å². The lowest BCUT2D eigenvalue weighted by Crippen LogP contribution is -2.51. The highest BCUT2D eigenvalue weighted by Crippen LogP contribution is 2.16. The van der Waals surface area contributed by atoms with E-state index in [9.17, 15) is 9.59 Å². The standard InChI is InChI=1S/C16H23N3O2/c1-12-6-2-3-7-13(12)10-18-15(20)11-19-9-5-4-8-14(19)16(17)21/h2-3,6-7,14H,4-5,8-11H2,1H3,(H2,17,21)(H,18,20)/t14-/m0/s1. The van der Waals surface area contributed by atoms with E-state index >= 15 is 0 Å². The maximum atomic E-state index is 12.1. The van der Waals surface area contributed by atoms with Crippen molar-refractivity contribution in [3.63, 3.8) is 0 Å². The van der Waals surface area contributed by atoms with Crippen LogP contribution in [-0.4, -0.2) is 35.8 Å². The monoisotopic (exact) mass is 289 g/mol. The molecule has 2 rings (SSSR count). The predicted octanol–water partition coefficient (Wildman–Crippen LogP) is 0.951. The molecule has 1 saturated heterocycles. The van der Waals surface area contributed by atoms with Gasteiger partial charge in [-0.15, -0.1) is 0 Å². The number of amides is 2. The zero-order chi connectivity index (χ0) is 15.2. The van der Waals surface area contributed by atoms with Gasteiger partial charge in [0.1, 0.15) is 0 Å². The summed E-state index contributed by atoms with van der Waals surface area (Å²) in [6.07, 6.45) is 2.75. The SMILES string of the molecule is Cc1ccccc1CNC(=O)CN1CCCC[C@H]1C(N)=O. The molecule has 1 aromatic rings. The highest BCUT2D eigenvalue weighted by Gasteiger charge is 2.28. The van der Waals surface area contributed by atoms with E-state index in [2.05, 4.69) is 5.32 Å². The van der Waals surface area contributed by atoms with Gasteiger partial charge in [-0.3, -0.25) is 14.5 Å². The van der Waals surface area contributed by atoms with Crippen LogP contribution in [0.15, 0.2) is 24.3 Å². The fourth-order valence-corrected chi connectivity index (χ4v) is 2.75. The van der Waals surface area contributed by atoms with Crippen LogP contribution in [-0.2, 0) is 16.1 Å². The molecule has 1 atom stereocenters. The van der Waals surface area contributed by atoms with Gasteiger partial charge in [-0.1, -0.05) is 30.7 Å². The van der Waals surface area contributed by atoms with Crippen molar-refractivity contribution in [2.75, 3.05) is 13.1 Å². The molecule has 5 heteroatoms. The number of carbonyl (C=O) groups excluding carboxylic acids is 2. The molecule has 3 N–H and O–H groups in total. The maximum Gasteiger partial charge on any atom is 0.234 e. The molecule has 0 aromatic heterocycles. The predicted molar refractivity (Wildman–Crippen MR) is 81.4 cm³/mol. The molecule has 1 aliphatic heterocycles. The fraction of sp³-hybridized carbons (Fsp3) is 0.500. The Labute approximate surface area is 125 Å². The number of aryl methyl sites for hydroxylation is 1. The number of carbonyl (C=O) groups is 2. The minimum Gasteiger partial charge on any atom is -0.368 e. The van der Waals surface area contributed by atoms with Gasteiger partial charge in [-0.05, 0) is 37.4 Å². The Hall–Kier alpha value is -1.88. The summed E-state index contributed by atoms with van der Waals surface area (Å²) in [5.41, 5.74) is 7.67. The number of hydrogen-bond donors (Lipinski definition) is 2. The van der Waals surface area contributed by atoms with E-state index in [1.807, 2.05) is 36.1 Å². The second kappa shape index (κ2) is 7.22. The van der Waals surface area contributed by atoms with Crippen LogP contribution in [0.25, 0.3) is 0 Å². The van der Waals surface area contributed by atoms with Gasteiger partial charge >= 0.3 is 0 Å². The highest BCUT2D eigenvalue weighted by molar-refractivity contribution is 5.82. The van der Waals surface area contributed by atoms with Gasteiger partial charge in [-0.2, -0.15) is 0 Å². The Balaban J connectivity index is 1.86. The summed E-state index contributed by atoms with van der Waals surface area (Å²) >= 11 is 0. The van der Waals surface area contributed by atoms with E-state index < -0.39 is 0 Å². The van der Waals surface area contributed by atoms with Gasteiger partial charge in [-0.25, -0.2) is 0 Å². The van der Waals surface area contributed by atoms with Crippen LogP contribution in [0.1, 0.15) is 30.4 Å². The number of primary amides is 1. The third kappa shape index (κ3) is 4.29. The minimum absolute atomic E-state index is 0.0635. The lowest BCUT2D eigenvalue weighted by atomic mass is 10.0. The molecule has 1 aromatic carbocycles. The summed E-state index contributed by atoms with van der Waals surface area (Å²) in [5, 5.41) is 2.91. The van der Waals surface area contributed by atoms with Crippen LogP contribution in [0.3, 0.4) is 0 Å². The quantitative estimate of drug-likeness (QED) is 0.847. The maximum absolute atomic E-state index is 12.1. The molecule has 0 saturated carbocycles. The first kappa shape index (κ1) is 15.5. The van der Waals surface area contributed by atoms with Crippen LogP contribution in [0.2, 0.25) is 0 Å². The smallest absolute Gasteiger partial charge is 0.234 e. The average molecular weight is 289 g/mol. The van der Waals surface area contributed by atoms with E-state index in [0.717, 1.165) is 36.9 Å². The van der Waals surface area contributed by atoms with E-state index in [1.54, 1.807) is 0 Å². The number of nitrogens with one attached hydrogen (secondary N) is 1. The highest BCUT2D eigenvalue weighted by atomic mass is 16.2. The molecular formula is C16H23N3O2. The van der Waals surface area contributed by atoms with E-state index in [1.165, 1.54) is 0 Å². The van der Waals surface area contributed by atoms with Gasteiger partial charge < -0.3 is 11.1 Å². The Bertz CT molecular complexity index is 516. The first-order valence-corrected chi connectivity index (χ1v) is 7.42. The minimum atomic E-state index is -0.332. The largest absolute Gasteiger partial charge is 0.368 e. The first-order chi connectivity index (χ1) is 10.1. The van der Waals surface area contributed by atoms with Crippen molar-refractivity contribution in [1.82, 2.24) is 10.2 Å². The molecule has 5 nitrogen and oxygen atoms in total. The van der Waals surface area contributed by atoms with Gasteiger partial charge in [0.15, 0.2) is 0 Å². The number of nitrogens with two attached hydrogens (primary N) is 1. The van der Waals surface area contributed by atoms with E-state index in [0.29, 0.717) is 6.54 Å². The number of nitrogens with zero attached hydrogens (tertiary/aromatic N) is 1. The normalized spacial score (nSPS) is 19.2. The Morgan fingerprint density at radius 2 is 2.10 bits per heavy atom. The van der Waals surface area contributed by atoms with Crippen LogP contribution in [0.5, 0.6) is 0 Å². The van der Waals surface area contributed by atoms with E-state index in [4.69, 9.17) is 5.73 Å². The van der Waals surface area contributed by atoms with Gasteiger partial charge in [0, 0.05) is 6.54 Å². The average Bonchev–Trinajstić information content (AvgIpc) is 2.47. The lowest BCUT2D eigenvalue weighted by Gasteiger charge is -2.32. The van der Waals surface area contributed by atoms with Crippen molar-refractivity contribution in [3.8, 4) is 0 Å². The summed E-state index contributed by atoms with van der Waals surface area (Å²) in [6, 6.07) is 7.66. The van der Waals surface area contributed by atoms with Gasteiger partial charge in [0.05, 0.1) is 12.6 Å². The molecule has 0 radical (unpaired) electrons. The Morgan fingerprint density at radius 1 is 1.33 bits per heavy atom. The fourth-order valence-electron chi connectivity index (χ4n) is 2.75. The lowest BCUT2D eigenvalue weighted by molar-refractivity contribution is -0.128. The Morgan fingerprint density at radius 3 is 2.81 bits per heavy atom. The Kier molecular flexibility index (Phi) is 5.33.